The number of fused-ring (bicyclic) bond motifs is 7. The number of furan rings is 1. The Kier molecular flexibility index (Phi) is 4.90. The largest absolute Gasteiger partial charge is 0.456 e. The average Bonchev–Trinajstić information content (AvgIpc) is 3.59. The molecule has 8 aromatic rings. The Morgan fingerprint density at radius 1 is 0.595 bits per heavy atom. The second-order valence-electron chi connectivity index (χ2n) is 10.7. The van der Waals surface area contributed by atoms with Gasteiger partial charge in [-0.05, 0) is 46.7 Å². The quantitative estimate of drug-likeness (QED) is 0.238. The molecule has 0 amide bonds. The summed E-state index contributed by atoms with van der Waals surface area (Å²) in [5.41, 5.74) is 5.90. The van der Waals surface area contributed by atoms with Crippen LogP contribution in [-0.4, -0.2) is 16.4 Å². The molecule has 2 aromatic heterocycles. The van der Waals surface area contributed by atoms with E-state index in [0.29, 0.717) is 5.96 Å². The van der Waals surface area contributed by atoms with Crippen molar-refractivity contribution < 1.29 is 4.42 Å². The van der Waals surface area contributed by atoms with Gasteiger partial charge in [0, 0.05) is 27.1 Å². The van der Waals surface area contributed by atoms with Crippen molar-refractivity contribution in [2.45, 2.75) is 6.17 Å². The van der Waals surface area contributed by atoms with E-state index in [-0.39, 0.29) is 6.17 Å². The topological polar surface area (TPSA) is 54.8 Å². The molecule has 0 spiro atoms. The third-order valence-electron chi connectivity index (χ3n) is 8.24. The Morgan fingerprint density at radius 3 is 2.19 bits per heavy atom. The fourth-order valence-corrected chi connectivity index (χ4v) is 6.32. The average molecular weight is 541 g/mol. The van der Waals surface area contributed by atoms with E-state index in [1.165, 1.54) is 21.5 Å². The van der Waals surface area contributed by atoms with E-state index >= 15 is 0 Å². The predicted molar refractivity (Wildman–Crippen MR) is 172 cm³/mol. The van der Waals surface area contributed by atoms with Crippen molar-refractivity contribution in [1.29, 1.82) is 0 Å². The van der Waals surface area contributed by atoms with E-state index in [2.05, 4.69) is 107 Å². The lowest BCUT2D eigenvalue weighted by molar-refractivity contribution is 0.666. The number of amidine groups is 1. The molecule has 1 N–H and O–H groups in total. The Balaban J connectivity index is 1.35. The summed E-state index contributed by atoms with van der Waals surface area (Å²) in [6, 6.07) is 46.2. The van der Waals surface area contributed by atoms with Crippen LogP contribution in [0, 0.1) is 0 Å². The lowest BCUT2D eigenvalue weighted by Crippen LogP contribution is -2.35. The first-order valence-electron chi connectivity index (χ1n) is 14.1. The number of para-hydroxylation sites is 2. The van der Waals surface area contributed by atoms with Gasteiger partial charge >= 0.3 is 0 Å². The zero-order chi connectivity index (χ0) is 27.6. The standard InChI is InChI=1S/C37H24N4O/c1-2-11-23(12-3-1)35-38-36(28-17-10-20-33-34(28)27-16-7-9-19-32(27)42-33)40-37(39-35)41-30-18-8-6-15-26(30)29-21-24-13-4-5-14-25(24)22-31(29)41/h1-22,35H,(H,38,39,40). The van der Waals surface area contributed by atoms with Gasteiger partial charge in [0.05, 0.1) is 11.0 Å². The molecule has 0 radical (unpaired) electrons. The minimum Gasteiger partial charge on any atom is -0.456 e. The lowest BCUT2D eigenvalue weighted by Gasteiger charge is -2.24. The van der Waals surface area contributed by atoms with Crippen molar-refractivity contribution >= 4 is 66.3 Å². The summed E-state index contributed by atoms with van der Waals surface area (Å²) >= 11 is 0. The van der Waals surface area contributed by atoms with Crippen LogP contribution in [0.5, 0.6) is 0 Å². The van der Waals surface area contributed by atoms with Crippen molar-refractivity contribution in [2.75, 3.05) is 0 Å². The summed E-state index contributed by atoms with van der Waals surface area (Å²) in [7, 11) is 0. The zero-order valence-electron chi connectivity index (χ0n) is 22.5. The number of hydrogen-bond donors (Lipinski definition) is 1. The van der Waals surface area contributed by atoms with Crippen LogP contribution in [0.25, 0.3) is 54.5 Å². The van der Waals surface area contributed by atoms with E-state index in [0.717, 1.165) is 49.9 Å². The van der Waals surface area contributed by atoms with Gasteiger partial charge in [0.2, 0.25) is 5.96 Å². The molecule has 1 unspecified atom stereocenters. The van der Waals surface area contributed by atoms with Crippen molar-refractivity contribution in [2.24, 2.45) is 9.98 Å². The second-order valence-corrected chi connectivity index (χ2v) is 10.7. The van der Waals surface area contributed by atoms with Crippen molar-refractivity contribution in [3.63, 3.8) is 0 Å². The third kappa shape index (κ3) is 3.44. The molecule has 1 aliphatic rings. The van der Waals surface area contributed by atoms with Crippen molar-refractivity contribution in [1.82, 2.24) is 9.88 Å². The van der Waals surface area contributed by atoms with Crippen molar-refractivity contribution in [3.05, 3.63) is 145 Å². The van der Waals surface area contributed by atoms with Crippen molar-refractivity contribution in [3.8, 4) is 0 Å². The molecule has 1 atom stereocenters. The minimum atomic E-state index is -0.321. The van der Waals surface area contributed by atoms with E-state index in [1.807, 2.05) is 36.4 Å². The fourth-order valence-electron chi connectivity index (χ4n) is 6.32. The van der Waals surface area contributed by atoms with Crippen LogP contribution in [-0.2, 0) is 0 Å². The maximum absolute atomic E-state index is 6.23. The molecule has 3 heterocycles. The van der Waals surface area contributed by atoms with E-state index < -0.39 is 0 Å². The molecule has 0 saturated heterocycles. The van der Waals surface area contributed by atoms with Crippen LogP contribution in [0.15, 0.2) is 148 Å². The smallest absolute Gasteiger partial charge is 0.234 e. The minimum absolute atomic E-state index is 0.321. The highest BCUT2D eigenvalue weighted by Gasteiger charge is 2.25. The molecular weight excluding hydrogens is 516 g/mol. The second kappa shape index (κ2) is 8.91. The van der Waals surface area contributed by atoms with E-state index in [1.54, 1.807) is 0 Å². The maximum atomic E-state index is 6.23. The fraction of sp³-hybridized carbons (Fsp3) is 0.0270. The predicted octanol–water partition coefficient (Wildman–Crippen LogP) is 8.80. The highest BCUT2D eigenvalue weighted by atomic mass is 16.3. The van der Waals surface area contributed by atoms with E-state index in [4.69, 9.17) is 14.4 Å². The summed E-state index contributed by atoms with van der Waals surface area (Å²) < 4.78 is 8.44. The summed E-state index contributed by atoms with van der Waals surface area (Å²) in [5, 5.41) is 10.5. The molecule has 42 heavy (non-hydrogen) atoms. The van der Waals surface area contributed by atoms with Gasteiger partial charge in [0.1, 0.15) is 23.2 Å². The first-order chi connectivity index (χ1) is 20.8. The number of rotatable bonds is 2. The molecule has 198 valence electrons. The van der Waals surface area contributed by atoms with Gasteiger partial charge in [-0.3, -0.25) is 4.57 Å². The summed E-state index contributed by atoms with van der Waals surface area (Å²) in [6.07, 6.45) is -0.321. The van der Waals surface area contributed by atoms with Gasteiger partial charge in [-0.25, -0.2) is 4.99 Å². The number of aliphatic imine (C=N–C) groups is 2. The Labute approximate surface area is 241 Å². The van der Waals surface area contributed by atoms with Gasteiger partial charge in [0.15, 0.2) is 0 Å². The van der Waals surface area contributed by atoms with Gasteiger partial charge in [-0.2, -0.15) is 4.99 Å². The number of aromatic nitrogens is 1. The van der Waals surface area contributed by atoms with Gasteiger partial charge in [0.25, 0.3) is 0 Å². The van der Waals surface area contributed by atoms with Crippen LogP contribution in [0.3, 0.4) is 0 Å². The molecule has 0 aliphatic carbocycles. The Bertz CT molecular complexity index is 2390. The molecule has 6 aromatic carbocycles. The first-order valence-corrected chi connectivity index (χ1v) is 14.1. The van der Waals surface area contributed by atoms with Crippen LogP contribution in [0.2, 0.25) is 0 Å². The zero-order valence-corrected chi connectivity index (χ0v) is 22.5. The molecule has 5 heteroatoms. The normalized spacial score (nSPS) is 15.4. The molecule has 9 rings (SSSR count). The number of hydrogen-bond acceptors (Lipinski definition) is 4. The molecule has 0 fully saturated rings. The highest BCUT2D eigenvalue weighted by molar-refractivity contribution is 6.23. The van der Waals surface area contributed by atoms with Gasteiger partial charge in [-0.1, -0.05) is 103 Å². The number of nitrogens with zero attached hydrogens (tertiary/aromatic N) is 3. The summed E-state index contributed by atoms with van der Waals surface area (Å²) in [5.74, 6) is 1.40. The Morgan fingerprint density at radius 2 is 1.31 bits per heavy atom. The van der Waals surface area contributed by atoms with Crippen LogP contribution in [0.4, 0.5) is 0 Å². The molecular formula is C37H24N4O. The van der Waals surface area contributed by atoms with Crippen LogP contribution >= 0.6 is 0 Å². The van der Waals surface area contributed by atoms with Gasteiger partial charge in [-0.15, -0.1) is 0 Å². The molecule has 0 bridgehead atoms. The first kappa shape index (κ1) is 23.1. The maximum Gasteiger partial charge on any atom is 0.234 e. The SMILES string of the molecule is c1ccc(C2N=C(n3c4ccccc4c4cc5ccccc5cc43)N=C(c3cccc4oc5ccccc5c34)N2)cc1. The molecule has 0 saturated carbocycles. The summed E-state index contributed by atoms with van der Waals surface area (Å²) in [4.78, 5) is 10.5. The molecule has 1 aliphatic heterocycles. The third-order valence-corrected chi connectivity index (χ3v) is 8.24. The number of benzene rings is 6. The monoisotopic (exact) mass is 540 g/mol. The van der Waals surface area contributed by atoms with Gasteiger partial charge < -0.3 is 9.73 Å². The van der Waals surface area contributed by atoms with E-state index in [9.17, 15) is 0 Å². The highest BCUT2D eigenvalue weighted by Crippen LogP contribution is 2.35. The van der Waals surface area contributed by atoms with Crippen LogP contribution < -0.4 is 5.32 Å². The number of nitrogens with one attached hydrogen (secondary N) is 1. The lowest BCUT2D eigenvalue weighted by atomic mass is 10.0. The Hall–Kier alpha value is -5.68. The molecule has 5 nitrogen and oxygen atoms in total. The summed E-state index contributed by atoms with van der Waals surface area (Å²) in [6.45, 7) is 0. The van der Waals surface area contributed by atoms with Crippen LogP contribution in [0.1, 0.15) is 17.3 Å².